The lowest BCUT2D eigenvalue weighted by Crippen LogP contribution is -2.47. The summed E-state index contributed by atoms with van der Waals surface area (Å²) in [5.74, 6) is 0.600. The second-order valence-electron chi connectivity index (χ2n) is 8.65. The van der Waals surface area contributed by atoms with Crippen molar-refractivity contribution in [3.63, 3.8) is 0 Å². The molecule has 4 rings (SSSR count). The van der Waals surface area contributed by atoms with E-state index < -0.39 is 0 Å². The van der Waals surface area contributed by atoms with E-state index in [1.54, 1.807) is 0 Å². The fourth-order valence-corrected chi connectivity index (χ4v) is 4.41. The molecule has 0 atom stereocenters. The summed E-state index contributed by atoms with van der Waals surface area (Å²) in [5, 5.41) is 21.1. The number of nitrogens with zero attached hydrogens (tertiary/aromatic N) is 4. The molecule has 0 unspecified atom stereocenters. The molecule has 2 N–H and O–H groups in total. The van der Waals surface area contributed by atoms with E-state index in [-0.39, 0.29) is 24.0 Å². The van der Waals surface area contributed by atoms with Crippen molar-refractivity contribution in [1.29, 1.82) is 5.26 Å². The van der Waals surface area contributed by atoms with Gasteiger partial charge in [-0.1, -0.05) is 6.92 Å². The van der Waals surface area contributed by atoms with Crippen LogP contribution in [0.2, 0.25) is 0 Å². The number of rotatable bonds is 6. The van der Waals surface area contributed by atoms with E-state index in [4.69, 9.17) is 9.68 Å². The highest BCUT2D eigenvalue weighted by molar-refractivity contribution is 6.04. The van der Waals surface area contributed by atoms with Gasteiger partial charge in [-0.3, -0.25) is 9.69 Å². The van der Waals surface area contributed by atoms with Gasteiger partial charge in [-0.05, 0) is 49.1 Å². The Morgan fingerprint density at radius 2 is 1.88 bits per heavy atom. The minimum atomic E-state index is -0.358. The van der Waals surface area contributed by atoms with Crippen LogP contribution in [0.4, 0.5) is 17.1 Å². The summed E-state index contributed by atoms with van der Waals surface area (Å²) in [7, 11) is 0. The van der Waals surface area contributed by atoms with Crippen molar-refractivity contribution < 1.29 is 14.3 Å². The highest BCUT2D eigenvalue weighted by atomic mass is 16.3. The lowest BCUT2D eigenvalue weighted by molar-refractivity contribution is 0.0996. The third kappa shape index (κ3) is 5.06. The molecular weight excluding hydrogens is 406 g/mol. The summed E-state index contributed by atoms with van der Waals surface area (Å²) in [6, 6.07) is 11.1. The number of amides is 1. The van der Waals surface area contributed by atoms with Crippen LogP contribution in [0.5, 0.6) is 0 Å². The maximum absolute atomic E-state index is 12.7. The lowest BCUT2D eigenvalue weighted by Gasteiger charge is -2.37. The largest absolute Gasteiger partial charge is 0.440 e. The molecule has 8 nitrogen and oxygen atoms in total. The number of carbonyl (C=O) groups is 1. The zero-order chi connectivity index (χ0) is 22.5. The van der Waals surface area contributed by atoms with E-state index >= 15 is 0 Å². The first-order valence-electron chi connectivity index (χ1n) is 11.4. The molecule has 2 aliphatic heterocycles. The lowest BCUT2D eigenvalue weighted by atomic mass is 9.98. The number of carbonyl (C=O) groups excluding carboxylic acids is 1. The van der Waals surface area contributed by atoms with Gasteiger partial charge in [0.15, 0.2) is 5.76 Å². The topological polar surface area (TPSA) is 96.0 Å². The number of aliphatic hydroxyl groups excluding tert-OH is 1. The molecule has 32 heavy (non-hydrogen) atoms. The molecule has 0 radical (unpaired) electrons. The van der Waals surface area contributed by atoms with E-state index in [1.165, 1.54) is 12.1 Å². The van der Waals surface area contributed by atoms with Crippen LogP contribution in [0.25, 0.3) is 0 Å². The predicted octanol–water partition coefficient (Wildman–Crippen LogP) is 2.75. The van der Waals surface area contributed by atoms with E-state index in [0.29, 0.717) is 5.92 Å². The van der Waals surface area contributed by atoms with Gasteiger partial charge in [0.05, 0.1) is 18.0 Å². The quantitative estimate of drug-likeness (QED) is 0.717. The molecule has 0 spiro atoms. The second kappa shape index (κ2) is 10.1. The van der Waals surface area contributed by atoms with E-state index in [2.05, 4.69) is 39.1 Å². The third-order valence-corrected chi connectivity index (χ3v) is 6.45. The van der Waals surface area contributed by atoms with Crippen LogP contribution >= 0.6 is 0 Å². The van der Waals surface area contributed by atoms with Crippen molar-refractivity contribution in [3.8, 4) is 6.07 Å². The van der Waals surface area contributed by atoms with Gasteiger partial charge in [0.1, 0.15) is 6.07 Å². The van der Waals surface area contributed by atoms with Gasteiger partial charge in [0.2, 0.25) is 5.76 Å². The normalized spacial score (nSPS) is 17.9. The van der Waals surface area contributed by atoms with Gasteiger partial charge in [-0.25, -0.2) is 0 Å². The number of β-amino-alcohol motifs (C(OH)–C–C–N with tert-alkyl or cyclic N) is 1. The first-order valence-corrected chi connectivity index (χ1v) is 11.4. The Balaban J connectivity index is 1.55. The highest BCUT2D eigenvalue weighted by Crippen LogP contribution is 2.34. The second-order valence-corrected chi connectivity index (χ2v) is 8.65. The minimum absolute atomic E-state index is 0.121. The van der Waals surface area contributed by atoms with Crippen LogP contribution in [0, 0.1) is 17.2 Å². The highest BCUT2D eigenvalue weighted by Gasteiger charge is 2.23. The number of anilines is 3. The Kier molecular flexibility index (Phi) is 6.98. The van der Waals surface area contributed by atoms with Crippen molar-refractivity contribution in [2.24, 2.45) is 5.92 Å². The number of nitrogens with one attached hydrogen (secondary N) is 1. The van der Waals surface area contributed by atoms with Crippen LogP contribution in [0.3, 0.4) is 0 Å². The third-order valence-electron chi connectivity index (χ3n) is 6.45. The molecule has 1 amide bonds. The van der Waals surface area contributed by atoms with Crippen LogP contribution in [0.15, 0.2) is 34.7 Å². The van der Waals surface area contributed by atoms with Crippen molar-refractivity contribution >= 4 is 23.0 Å². The van der Waals surface area contributed by atoms with Gasteiger partial charge in [0.25, 0.3) is 5.91 Å². The smallest absolute Gasteiger partial charge is 0.291 e. The molecule has 2 saturated heterocycles. The number of piperazine rings is 1. The molecule has 3 heterocycles. The molecule has 0 bridgehead atoms. The Bertz CT molecular complexity index is 966. The maximum atomic E-state index is 12.7. The van der Waals surface area contributed by atoms with Gasteiger partial charge < -0.3 is 24.6 Å². The van der Waals surface area contributed by atoms with Crippen LogP contribution < -0.4 is 15.1 Å². The minimum Gasteiger partial charge on any atom is -0.440 e. The number of hydrogen-bond donors (Lipinski definition) is 2. The van der Waals surface area contributed by atoms with Crippen LogP contribution in [-0.4, -0.2) is 68.3 Å². The monoisotopic (exact) mass is 437 g/mol. The summed E-state index contributed by atoms with van der Waals surface area (Å²) >= 11 is 0. The molecule has 170 valence electrons. The summed E-state index contributed by atoms with van der Waals surface area (Å²) in [5.41, 5.74) is 2.92. The number of aliphatic hydroxyl groups is 1. The molecule has 1 aromatic heterocycles. The summed E-state index contributed by atoms with van der Waals surface area (Å²) < 4.78 is 5.30. The maximum Gasteiger partial charge on any atom is 0.291 e. The zero-order valence-electron chi connectivity index (χ0n) is 18.6. The van der Waals surface area contributed by atoms with Gasteiger partial charge in [-0.15, -0.1) is 0 Å². The average Bonchev–Trinajstić information content (AvgIpc) is 3.30. The number of furan rings is 1. The number of piperidine rings is 1. The molecular formula is C24H31N5O3. The van der Waals surface area contributed by atoms with E-state index in [9.17, 15) is 9.90 Å². The molecule has 2 aliphatic rings. The first kappa shape index (κ1) is 22.2. The fourth-order valence-electron chi connectivity index (χ4n) is 4.41. The summed E-state index contributed by atoms with van der Waals surface area (Å²) in [4.78, 5) is 19.7. The van der Waals surface area contributed by atoms with Gasteiger partial charge in [0, 0.05) is 51.5 Å². The SMILES string of the molecule is CC1CCN(c2cc(N3CCN(CCO)CC3)ccc2NC(=O)c2ccc(C#N)o2)CC1. The molecule has 1 aromatic carbocycles. The number of hydrogen-bond acceptors (Lipinski definition) is 7. The molecule has 0 aliphatic carbocycles. The standard InChI is InChI=1S/C24H31N5O3/c1-18-6-8-29(9-7-18)22-16-19(28-12-10-27(11-13-28)14-15-30)2-4-21(22)26-24(31)23-5-3-20(17-25)32-23/h2-5,16,18,30H,6-15H2,1H3,(H,26,31). The molecule has 2 fully saturated rings. The predicted molar refractivity (Wildman–Crippen MR) is 124 cm³/mol. The summed E-state index contributed by atoms with van der Waals surface area (Å²) in [6.07, 6.45) is 2.25. The summed E-state index contributed by atoms with van der Waals surface area (Å²) in [6.45, 7) is 8.77. The first-order chi connectivity index (χ1) is 15.6. The van der Waals surface area contributed by atoms with E-state index in [1.807, 2.05) is 12.1 Å². The molecule has 8 heteroatoms. The molecule has 0 saturated carbocycles. The Morgan fingerprint density at radius 1 is 1.12 bits per heavy atom. The van der Waals surface area contributed by atoms with Crippen molar-refractivity contribution in [1.82, 2.24) is 4.90 Å². The van der Waals surface area contributed by atoms with Gasteiger partial charge >= 0.3 is 0 Å². The zero-order valence-corrected chi connectivity index (χ0v) is 18.6. The van der Waals surface area contributed by atoms with Gasteiger partial charge in [-0.2, -0.15) is 5.26 Å². The number of benzene rings is 1. The number of nitriles is 1. The van der Waals surface area contributed by atoms with E-state index in [0.717, 1.165) is 75.7 Å². The Hall–Kier alpha value is -3.02. The average molecular weight is 438 g/mol. The van der Waals surface area contributed by atoms with Crippen molar-refractivity contribution in [3.05, 3.63) is 41.9 Å². The van der Waals surface area contributed by atoms with Crippen LogP contribution in [-0.2, 0) is 0 Å². The Labute approximate surface area is 189 Å². The van der Waals surface area contributed by atoms with Crippen molar-refractivity contribution in [2.45, 2.75) is 19.8 Å². The van der Waals surface area contributed by atoms with Crippen molar-refractivity contribution in [2.75, 3.05) is 67.5 Å². The Morgan fingerprint density at radius 3 is 2.53 bits per heavy atom. The van der Waals surface area contributed by atoms with Crippen LogP contribution in [0.1, 0.15) is 36.1 Å². The molecule has 2 aromatic rings. The fraction of sp³-hybridized carbons (Fsp3) is 0.500.